The van der Waals surface area contributed by atoms with Crippen LogP contribution in [-0.2, 0) is 17.8 Å². The Balaban J connectivity index is 1.83. The molecule has 0 atom stereocenters. The van der Waals surface area contributed by atoms with Crippen LogP contribution in [0.25, 0.3) is 0 Å². The number of carbonyl (C=O) groups is 2. The van der Waals surface area contributed by atoms with Crippen molar-refractivity contribution >= 4 is 23.6 Å². The molecule has 26 heavy (non-hydrogen) atoms. The minimum atomic E-state index is -0.524. The first-order chi connectivity index (χ1) is 12.2. The highest BCUT2D eigenvalue weighted by Gasteiger charge is 2.15. The summed E-state index contributed by atoms with van der Waals surface area (Å²) in [4.78, 5) is 27.6. The average molecular weight is 376 g/mol. The van der Waals surface area contributed by atoms with Crippen molar-refractivity contribution in [1.82, 2.24) is 15.6 Å². The van der Waals surface area contributed by atoms with E-state index in [-0.39, 0.29) is 11.1 Å². The average Bonchev–Trinajstić information content (AvgIpc) is 2.57. The molecule has 0 fully saturated rings. The van der Waals surface area contributed by atoms with E-state index < -0.39 is 11.7 Å². The first kappa shape index (κ1) is 19.7. The first-order valence-electron chi connectivity index (χ1n) is 8.18. The van der Waals surface area contributed by atoms with Gasteiger partial charge in [-0.15, -0.1) is 0 Å². The number of nitrogens with one attached hydrogen (secondary N) is 2. The SMILES string of the molecule is CC(C)(C)OC(=O)NCc1ccc(CNC(=O)c2cccnc2Cl)cc1. The summed E-state index contributed by atoms with van der Waals surface area (Å²) in [5.41, 5.74) is 1.68. The van der Waals surface area contributed by atoms with E-state index in [4.69, 9.17) is 16.3 Å². The quantitative estimate of drug-likeness (QED) is 0.781. The summed E-state index contributed by atoms with van der Waals surface area (Å²) in [5, 5.41) is 5.67. The highest BCUT2D eigenvalue weighted by molar-refractivity contribution is 6.32. The van der Waals surface area contributed by atoms with Crippen molar-refractivity contribution in [2.75, 3.05) is 0 Å². The molecule has 1 aromatic carbocycles. The lowest BCUT2D eigenvalue weighted by atomic mass is 10.1. The maximum atomic E-state index is 12.1. The van der Waals surface area contributed by atoms with Crippen molar-refractivity contribution in [2.24, 2.45) is 0 Å². The van der Waals surface area contributed by atoms with Gasteiger partial charge in [-0.1, -0.05) is 35.9 Å². The normalized spacial score (nSPS) is 10.9. The lowest BCUT2D eigenvalue weighted by Gasteiger charge is -2.19. The third-order valence-electron chi connectivity index (χ3n) is 3.32. The molecule has 0 saturated carbocycles. The van der Waals surface area contributed by atoms with Crippen molar-refractivity contribution in [3.63, 3.8) is 0 Å². The van der Waals surface area contributed by atoms with E-state index >= 15 is 0 Å². The summed E-state index contributed by atoms with van der Waals surface area (Å²) in [7, 11) is 0. The Morgan fingerprint density at radius 2 is 1.62 bits per heavy atom. The lowest BCUT2D eigenvalue weighted by Crippen LogP contribution is -2.32. The predicted octanol–water partition coefficient (Wildman–Crippen LogP) is 3.69. The molecule has 0 radical (unpaired) electrons. The third-order valence-corrected chi connectivity index (χ3v) is 3.62. The van der Waals surface area contributed by atoms with Crippen LogP contribution < -0.4 is 10.6 Å². The molecule has 0 aliphatic heterocycles. The number of rotatable bonds is 5. The lowest BCUT2D eigenvalue weighted by molar-refractivity contribution is 0.0523. The Morgan fingerprint density at radius 1 is 1.04 bits per heavy atom. The Hall–Kier alpha value is -2.60. The van der Waals surface area contributed by atoms with Crippen LogP contribution >= 0.6 is 11.6 Å². The fourth-order valence-corrected chi connectivity index (χ4v) is 2.30. The molecule has 0 aliphatic carbocycles. The number of amides is 2. The molecule has 2 amide bonds. The van der Waals surface area contributed by atoms with Gasteiger partial charge in [-0.3, -0.25) is 4.79 Å². The molecule has 2 N–H and O–H groups in total. The van der Waals surface area contributed by atoms with Gasteiger partial charge in [0, 0.05) is 19.3 Å². The second-order valence-corrected chi connectivity index (χ2v) is 7.05. The molecule has 0 spiro atoms. The number of aromatic nitrogens is 1. The molecule has 138 valence electrons. The maximum Gasteiger partial charge on any atom is 0.407 e. The Bertz CT molecular complexity index is 770. The van der Waals surface area contributed by atoms with Crippen LogP contribution in [0, 0.1) is 0 Å². The van der Waals surface area contributed by atoms with Crippen LogP contribution in [0.4, 0.5) is 4.79 Å². The number of benzene rings is 1. The highest BCUT2D eigenvalue weighted by Crippen LogP contribution is 2.12. The van der Waals surface area contributed by atoms with Crippen molar-refractivity contribution < 1.29 is 14.3 Å². The zero-order valence-corrected chi connectivity index (χ0v) is 15.8. The minimum Gasteiger partial charge on any atom is -0.444 e. The number of hydrogen-bond acceptors (Lipinski definition) is 4. The van der Waals surface area contributed by atoms with Crippen molar-refractivity contribution in [2.45, 2.75) is 39.5 Å². The predicted molar refractivity (Wildman–Crippen MR) is 99.9 cm³/mol. The van der Waals surface area contributed by atoms with Gasteiger partial charge in [-0.25, -0.2) is 9.78 Å². The number of alkyl carbamates (subject to hydrolysis) is 1. The highest BCUT2D eigenvalue weighted by atomic mass is 35.5. The van der Waals surface area contributed by atoms with E-state index in [9.17, 15) is 9.59 Å². The molecule has 6 nitrogen and oxygen atoms in total. The van der Waals surface area contributed by atoms with E-state index in [1.54, 1.807) is 12.1 Å². The Kier molecular flexibility index (Phi) is 6.58. The Labute approximate surface area is 157 Å². The van der Waals surface area contributed by atoms with Gasteiger partial charge in [0.05, 0.1) is 5.56 Å². The van der Waals surface area contributed by atoms with Gasteiger partial charge in [0.25, 0.3) is 5.91 Å². The molecular weight excluding hydrogens is 354 g/mol. The molecule has 1 aromatic heterocycles. The van der Waals surface area contributed by atoms with Gasteiger partial charge in [0.15, 0.2) is 0 Å². The minimum absolute atomic E-state index is 0.175. The number of carbonyl (C=O) groups excluding carboxylic acids is 2. The summed E-state index contributed by atoms with van der Waals surface area (Å²) >= 11 is 5.91. The van der Waals surface area contributed by atoms with Crippen LogP contribution in [0.3, 0.4) is 0 Å². The summed E-state index contributed by atoms with van der Waals surface area (Å²) in [6, 6.07) is 10.8. The van der Waals surface area contributed by atoms with Crippen molar-refractivity contribution in [3.05, 3.63) is 64.4 Å². The van der Waals surface area contributed by atoms with E-state index in [2.05, 4.69) is 15.6 Å². The van der Waals surface area contributed by atoms with Crippen molar-refractivity contribution in [1.29, 1.82) is 0 Å². The van der Waals surface area contributed by atoms with Crippen LogP contribution in [0.1, 0.15) is 42.3 Å². The fourth-order valence-electron chi connectivity index (χ4n) is 2.10. The summed E-state index contributed by atoms with van der Waals surface area (Å²) in [5.74, 6) is -0.279. The largest absolute Gasteiger partial charge is 0.444 e. The van der Waals surface area contributed by atoms with Crippen LogP contribution in [-0.4, -0.2) is 22.6 Å². The second kappa shape index (κ2) is 8.67. The number of halogens is 1. The molecule has 0 bridgehead atoms. The molecule has 2 aromatic rings. The number of hydrogen-bond donors (Lipinski definition) is 2. The summed E-state index contributed by atoms with van der Waals surface area (Å²) in [6.07, 6.45) is 1.07. The smallest absolute Gasteiger partial charge is 0.407 e. The van der Waals surface area contributed by atoms with E-state index in [1.165, 1.54) is 6.20 Å². The molecule has 0 aliphatic rings. The van der Waals surface area contributed by atoms with Crippen LogP contribution in [0.15, 0.2) is 42.6 Å². The van der Waals surface area contributed by atoms with E-state index in [0.717, 1.165) is 11.1 Å². The van der Waals surface area contributed by atoms with Gasteiger partial charge < -0.3 is 15.4 Å². The van der Waals surface area contributed by atoms with E-state index in [1.807, 2.05) is 45.0 Å². The van der Waals surface area contributed by atoms with Crippen LogP contribution in [0.5, 0.6) is 0 Å². The Morgan fingerprint density at radius 3 is 2.15 bits per heavy atom. The zero-order chi connectivity index (χ0) is 19.2. The maximum absolute atomic E-state index is 12.1. The third kappa shape index (κ3) is 6.37. The monoisotopic (exact) mass is 375 g/mol. The molecule has 0 saturated heterocycles. The fraction of sp³-hybridized carbons (Fsp3) is 0.316. The second-order valence-electron chi connectivity index (χ2n) is 6.70. The summed E-state index contributed by atoms with van der Waals surface area (Å²) < 4.78 is 5.19. The summed E-state index contributed by atoms with van der Waals surface area (Å²) in [6.45, 7) is 6.17. The number of nitrogens with zero attached hydrogens (tertiary/aromatic N) is 1. The first-order valence-corrected chi connectivity index (χ1v) is 8.56. The standard InChI is InChI=1S/C19H22ClN3O3/c1-19(2,3)26-18(25)23-12-14-8-6-13(7-9-14)11-22-17(24)15-5-4-10-21-16(15)20/h4-10H,11-12H2,1-3H3,(H,22,24)(H,23,25). The molecular formula is C19H22ClN3O3. The number of ether oxygens (including phenoxy) is 1. The zero-order valence-electron chi connectivity index (χ0n) is 15.0. The topological polar surface area (TPSA) is 80.3 Å². The van der Waals surface area contributed by atoms with Gasteiger partial charge in [0.2, 0.25) is 0 Å². The molecule has 0 unspecified atom stereocenters. The molecule has 1 heterocycles. The van der Waals surface area contributed by atoms with Crippen LogP contribution in [0.2, 0.25) is 5.15 Å². The van der Waals surface area contributed by atoms with Gasteiger partial charge in [-0.2, -0.15) is 0 Å². The molecule has 2 rings (SSSR count). The molecule has 7 heteroatoms. The van der Waals surface area contributed by atoms with E-state index in [0.29, 0.717) is 18.7 Å². The van der Waals surface area contributed by atoms with Gasteiger partial charge in [0.1, 0.15) is 10.8 Å². The number of pyridine rings is 1. The van der Waals surface area contributed by atoms with Gasteiger partial charge in [-0.05, 0) is 44.0 Å². The van der Waals surface area contributed by atoms with Crippen molar-refractivity contribution in [3.8, 4) is 0 Å². The van der Waals surface area contributed by atoms with Gasteiger partial charge >= 0.3 is 6.09 Å².